The highest BCUT2D eigenvalue weighted by Crippen LogP contribution is 2.36. The van der Waals surface area contributed by atoms with Crippen molar-refractivity contribution in [2.45, 2.75) is 58.1 Å². The highest BCUT2D eigenvalue weighted by atomic mass is 19.4. The van der Waals surface area contributed by atoms with Gasteiger partial charge in [-0.25, -0.2) is 13.8 Å². The molecule has 0 atom stereocenters. The summed E-state index contributed by atoms with van der Waals surface area (Å²) in [6, 6.07) is 12.1. The Morgan fingerprint density at radius 3 is 2.42 bits per heavy atom. The summed E-state index contributed by atoms with van der Waals surface area (Å²) in [5, 5.41) is 2.91. The number of nitrogens with one attached hydrogen (secondary N) is 1. The minimum atomic E-state index is -4.47. The lowest BCUT2D eigenvalue weighted by Crippen LogP contribution is -2.30. The summed E-state index contributed by atoms with van der Waals surface area (Å²) in [5.74, 6) is -2.72. The summed E-state index contributed by atoms with van der Waals surface area (Å²) >= 11 is 0. The van der Waals surface area contributed by atoms with Crippen molar-refractivity contribution < 1.29 is 26.7 Å². The average Bonchev–Trinajstić information content (AvgIpc) is 3.03. The highest BCUT2D eigenvalue weighted by molar-refractivity contribution is 6.09. The third-order valence-corrected chi connectivity index (χ3v) is 6.90. The van der Waals surface area contributed by atoms with Crippen molar-refractivity contribution >= 4 is 17.4 Å². The third-order valence-electron chi connectivity index (χ3n) is 6.90. The number of hydrogen-bond donors (Lipinski definition) is 1. The van der Waals surface area contributed by atoms with Crippen LogP contribution in [0.15, 0.2) is 54.7 Å². The third kappa shape index (κ3) is 6.14. The van der Waals surface area contributed by atoms with Crippen LogP contribution in [0.25, 0.3) is 11.1 Å². The molecule has 2 aromatic carbocycles. The molecule has 1 fully saturated rings. The van der Waals surface area contributed by atoms with Gasteiger partial charge in [0.25, 0.3) is 5.91 Å². The predicted octanol–water partition coefficient (Wildman–Crippen LogP) is 8.08. The van der Waals surface area contributed by atoms with Crippen LogP contribution < -0.4 is 10.2 Å². The van der Waals surface area contributed by atoms with Crippen LogP contribution in [0.5, 0.6) is 0 Å². The van der Waals surface area contributed by atoms with E-state index in [4.69, 9.17) is 0 Å². The van der Waals surface area contributed by atoms with Gasteiger partial charge < -0.3 is 10.2 Å². The van der Waals surface area contributed by atoms with Crippen LogP contribution in [0.3, 0.4) is 0 Å². The van der Waals surface area contributed by atoms with Crippen molar-refractivity contribution in [3.8, 4) is 11.1 Å². The topological polar surface area (TPSA) is 45.2 Å². The number of pyridine rings is 1. The summed E-state index contributed by atoms with van der Waals surface area (Å²) in [7, 11) is 0. The van der Waals surface area contributed by atoms with Gasteiger partial charge in [-0.15, -0.1) is 0 Å². The number of halogens is 5. The fourth-order valence-corrected chi connectivity index (χ4v) is 4.68. The van der Waals surface area contributed by atoms with Crippen LogP contribution in [-0.4, -0.2) is 29.9 Å². The maximum Gasteiger partial charge on any atom is 0.416 e. The molecule has 0 spiro atoms. The second kappa shape index (κ2) is 10.7. The zero-order valence-corrected chi connectivity index (χ0v) is 21.5. The van der Waals surface area contributed by atoms with Gasteiger partial charge in [0.1, 0.15) is 5.82 Å². The Morgan fingerprint density at radius 2 is 1.76 bits per heavy atom. The number of carbonyl (C=O) groups excluding carboxylic acids is 1. The van der Waals surface area contributed by atoms with Crippen molar-refractivity contribution in [3.05, 3.63) is 77.0 Å². The van der Waals surface area contributed by atoms with E-state index in [1.54, 1.807) is 17.9 Å². The summed E-state index contributed by atoms with van der Waals surface area (Å²) in [5.41, 5.74) is 2.50. The molecule has 0 aliphatic carbocycles. The lowest BCUT2D eigenvalue weighted by molar-refractivity contribution is -0.137. The first-order chi connectivity index (χ1) is 17.9. The van der Waals surface area contributed by atoms with Gasteiger partial charge in [-0.05, 0) is 60.2 Å². The first kappa shape index (κ1) is 27.5. The van der Waals surface area contributed by atoms with Crippen LogP contribution in [0, 0.1) is 6.92 Å². The van der Waals surface area contributed by atoms with Crippen LogP contribution in [0.2, 0.25) is 0 Å². The van der Waals surface area contributed by atoms with E-state index in [0.717, 1.165) is 17.7 Å². The summed E-state index contributed by atoms with van der Waals surface area (Å²) < 4.78 is 67.4. The minimum Gasteiger partial charge on any atom is -0.356 e. The van der Waals surface area contributed by atoms with E-state index in [1.165, 1.54) is 18.3 Å². The van der Waals surface area contributed by atoms with Gasteiger partial charge >= 0.3 is 6.18 Å². The zero-order valence-electron chi connectivity index (χ0n) is 21.5. The lowest BCUT2D eigenvalue weighted by Gasteiger charge is -2.26. The summed E-state index contributed by atoms with van der Waals surface area (Å²) in [6.07, 6.45) is -3.33. The van der Waals surface area contributed by atoms with E-state index in [-0.39, 0.29) is 43.1 Å². The Bertz CT molecular complexity index is 1300. The Morgan fingerprint density at radius 1 is 1.05 bits per heavy atom. The second-order valence-corrected chi connectivity index (χ2v) is 10.0. The minimum absolute atomic E-state index is 0.0299. The molecule has 0 saturated carbocycles. The SMILES string of the molecule is Cc1c(-c2ccc(C(F)(F)F)cc2)cnc(N2CCCC(F)(F)CC2)c1C(=O)Nc1cccc(C(C)C)c1. The summed E-state index contributed by atoms with van der Waals surface area (Å²) in [6.45, 7) is 6.11. The molecule has 1 aliphatic rings. The lowest BCUT2D eigenvalue weighted by atomic mass is 9.96. The maximum atomic E-state index is 14.1. The average molecular weight is 532 g/mol. The molecular formula is C29H30F5N3O. The van der Waals surface area contributed by atoms with E-state index >= 15 is 0 Å². The van der Waals surface area contributed by atoms with E-state index in [0.29, 0.717) is 28.9 Å². The monoisotopic (exact) mass is 531 g/mol. The number of anilines is 2. The van der Waals surface area contributed by atoms with Gasteiger partial charge in [0.2, 0.25) is 5.92 Å². The molecule has 1 N–H and O–H groups in total. The van der Waals surface area contributed by atoms with Crippen LogP contribution in [-0.2, 0) is 6.18 Å². The van der Waals surface area contributed by atoms with E-state index in [1.807, 2.05) is 32.0 Å². The number of aromatic nitrogens is 1. The standard InChI is InChI=1S/C29H30F5N3O/c1-18(2)21-6-4-7-23(16-21)36-27(38)25-19(3)24(20-8-10-22(11-9-20)29(32,33)34)17-35-26(25)37-14-5-12-28(30,31)13-15-37/h4,6-11,16-18H,5,12-15H2,1-3H3,(H,36,38). The van der Waals surface area contributed by atoms with Crippen LogP contribution in [0.1, 0.15) is 66.1 Å². The first-order valence-electron chi connectivity index (χ1n) is 12.6. The molecule has 202 valence electrons. The first-order valence-corrected chi connectivity index (χ1v) is 12.6. The molecule has 1 aliphatic heterocycles. The molecule has 38 heavy (non-hydrogen) atoms. The molecule has 1 saturated heterocycles. The molecule has 0 bridgehead atoms. The van der Waals surface area contributed by atoms with Gasteiger partial charge in [0, 0.05) is 43.4 Å². The van der Waals surface area contributed by atoms with Crippen molar-refractivity contribution in [2.24, 2.45) is 0 Å². The molecule has 4 rings (SSSR count). The smallest absolute Gasteiger partial charge is 0.356 e. The van der Waals surface area contributed by atoms with Crippen molar-refractivity contribution in [1.82, 2.24) is 4.98 Å². The van der Waals surface area contributed by atoms with E-state index in [9.17, 15) is 26.7 Å². The second-order valence-electron chi connectivity index (χ2n) is 10.0. The number of benzene rings is 2. The van der Waals surface area contributed by atoms with Gasteiger partial charge in [-0.3, -0.25) is 4.79 Å². The molecular weight excluding hydrogens is 501 g/mol. The Balaban J connectivity index is 1.77. The fraction of sp³-hybridized carbons (Fsp3) is 0.379. The number of alkyl halides is 5. The van der Waals surface area contributed by atoms with Gasteiger partial charge in [0.15, 0.2) is 0 Å². The number of rotatable bonds is 5. The van der Waals surface area contributed by atoms with Crippen molar-refractivity contribution in [2.75, 3.05) is 23.3 Å². The molecule has 0 radical (unpaired) electrons. The van der Waals surface area contributed by atoms with Crippen molar-refractivity contribution in [3.63, 3.8) is 0 Å². The van der Waals surface area contributed by atoms with Crippen molar-refractivity contribution in [1.29, 1.82) is 0 Å². The van der Waals surface area contributed by atoms with Crippen LogP contribution >= 0.6 is 0 Å². The van der Waals surface area contributed by atoms with E-state index in [2.05, 4.69) is 10.3 Å². The van der Waals surface area contributed by atoms with Gasteiger partial charge in [-0.1, -0.05) is 38.1 Å². The number of amides is 1. The van der Waals surface area contributed by atoms with Gasteiger partial charge in [-0.2, -0.15) is 13.2 Å². The molecule has 9 heteroatoms. The fourth-order valence-electron chi connectivity index (χ4n) is 4.68. The Labute approximate surface area is 218 Å². The summed E-state index contributed by atoms with van der Waals surface area (Å²) in [4.78, 5) is 19.9. The molecule has 2 heterocycles. The largest absolute Gasteiger partial charge is 0.416 e. The molecule has 1 amide bonds. The number of nitrogens with zero attached hydrogens (tertiary/aromatic N) is 2. The highest BCUT2D eigenvalue weighted by Gasteiger charge is 2.34. The Hall–Kier alpha value is -3.49. The quantitative estimate of drug-likeness (QED) is 0.339. The predicted molar refractivity (Wildman–Crippen MR) is 139 cm³/mol. The molecule has 1 aromatic heterocycles. The number of hydrogen-bond acceptors (Lipinski definition) is 3. The maximum absolute atomic E-state index is 14.1. The van der Waals surface area contributed by atoms with Crippen LogP contribution in [0.4, 0.5) is 33.5 Å². The molecule has 0 unspecified atom stereocenters. The number of carbonyl (C=O) groups is 1. The normalized spacial score (nSPS) is 15.9. The van der Waals surface area contributed by atoms with E-state index < -0.39 is 23.6 Å². The Kier molecular flexibility index (Phi) is 7.76. The van der Waals surface area contributed by atoms with Gasteiger partial charge in [0.05, 0.1) is 11.1 Å². The molecule has 3 aromatic rings. The molecule has 4 nitrogen and oxygen atoms in total. The zero-order chi connectivity index (χ0) is 27.7.